The SMILES string of the molecule is COc1ccc(C2CCCN2C(=O)c2ccnc(Cl)c2)cc1. The highest BCUT2D eigenvalue weighted by atomic mass is 35.5. The molecular weight excluding hydrogens is 300 g/mol. The van der Waals surface area contributed by atoms with E-state index in [1.165, 1.54) is 0 Å². The van der Waals surface area contributed by atoms with Gasteiger partial charge in [0.15, 0.2) is 0 Å². The maximum atomic E-state index is 12.7. The van der Waals surface area contributed by atoms with Gasteiger partial charge in [0.25, 0.3) is 5.91 Å². The van der Waals surface area contributed by atoms with Gasteiger partial charge in [-0.1, -0.05) is 23.7 Å². The fourth-order valence-electron chi connectivity index (χ4n) is 2.88. The van der Waals surface area contributed by atoms with Gasteiger partial charge in [-0.05, 0) is 42.7 Å². The van der Waals surface area contributed by atoms with E-state index in [-0.39, 0.29) is 11.9 Å². The summed E-state index contributed by atoms with van der Waals surface area (Å²) in [6.45, 7) is 0.759. The summed E-state index contributed by atoms with van der Waals surface area (Å²) in [4.78, 5) is 18.6. The molecule has 1 aliphatic heterocycles. The van der Waals surface area contributed by atoms with Crippen molar-refractivity contribution in [3.05, 3.63) is 58.9 Å². The van der Waals surface area contributed by atoms with Gasteiger partial charge < -0.3 is 9.64 Å². The summed E-state index contributed by atoms with van der Waals surface area (Å²) < 4.78 is 5.19. The van der Waals surface area contributed by atoms with Crippen molar-refractivity contribution in [1.82, 2.24) is 9.88 Å². The summed E-state index contributed by atoms with van der Waals surface area (Å²) in [7, 11) is 1.65. The number of ether oxygens (including phenoxy) is 1. The number of likely N-dealkylation sites (tertiary alicyclic amines) is 1. The number of nitrogens with zero attached hydrogens (tertiary/aromatic N) is 2. The summed E-state index contributed by atoms with van der Waals surface area (Å²) in [5.74, 6) is 0.822. The molecule has 0 saturated carbocycles. The lowest BCUT2D eigenvalue weighted by Gasteiger charge is -2.25. The maximum absolute atomic E-state index is 12.7. The predicted molar refractivity (Wildman–Crippen MR) is 85.3 cm³/mol. The molecule has 4 nitrogen and oxygen atoms in total. The van der Waals surface area contributed by atoms with Gasteiger partial charge in [0.1, 0.15) is 10.9 Å². The van der Waals surface area contributed by atoms with Crippen molar-refractivity contribution in [2.75, 3.05) is 13.7 Å². The summed E-state index contributed by atoms with van der Waals surface area (Å²) in [6, 6.07) is 11.3. The zero-order valence-electron chi connectivity index (χ0n) is 12.3. The minimum atomic E-state index is 0.00242. The summed E-state index contributed by atoms with van der Waals surface area (Å²) in [5.41, 5.74) is 1.72. The van der Waals surface area contributed by atoms with Crippen molar-refractivity contribution >= 4 is 17.5 Å². The third-order valence-electron chi connectivity index (χ3n) is 3.99. The van der Waals surface area contributed by atoms with Crippen LogP contribution in [0.4, 0.5) is 0 Å². The Morgan fingerprint density at radius 2 is 2.09 bits per heavy atom. The number of halogens is 1. The second-order valence-electron chi connectivity index (χ2n) is 5.30. The Morgan fingerprint density at radius 3 is 2.77 bits per heavy atom. The van der Waals surface area contributed by atoms with Crippen molar-refractivity contribution in [3.63, 3.8) is 0 Å². The van der Waals surface area contributed by atoms with Crippen LogP contribution in [0.5, 0.6) is 5.75 Å². The van der Waals surface area contributed by atoms with E-state index in [0.29, 0.717) is 10.7 Å². The Balaban J connectivity index is 1.84. The second-order valence-corrected chi connectivity index (χ2v) is 5.68. The van der Waals surface area contributed by atoms with E-state index in [1.807, 2.05) is 29.2 Å². The molecule has 0 aliphatic carbocycles. The molecule has 5 heteroatoms. The Morgan fingerprint density at radius 1 is 1.32 bits per heavy atom. The molecule has 2 aromatic rings. The van der Waals surface area contributed by atoms with Crippen molar-refractivity contribution in [2.24, 2.45) is 0 Å². The number of carbonyl (C=O) groups excluding carboxylic acids is 1. The van der Waals surface area contributed by atoms with Gasteiger partial charge in [0, 0.05) is 18.3 Å². The lowest BCUT2D eigenvalue weighted by atomic mass is 10.0. The number of hydrogen-bond acceptors (Lipinski definition) is 3. The fraction of sp³-hybridized carbons (Fsp3) is 0.294. The Labute approximate surface area is 134 Å². The van der Waals surface area contributed by atoms with Crippen LogP contribution >= 0.6 is 11.6 Å². The first-order valence-corrected chi connectivity index (χ1v) is 7.63. The quantitative estimate of drug-likeness (QED) is 0.810. The van der Waals surface area contributed by atoms with E-state index in [4.69, 9.17) is 16.3 Å². The van der Waals surface area contributed by atoms with Crippen molar-refractivity contribution < 1.29 is 9.53 Å². The molecule has 1 aliphatic rings. The molecule has 114 valence electrons. The second kappa shape index (κ2) is 6.36. The van der Waals surface area contributed by atoms with Crippen molar-refractivity contribution in [1.29, 1.82) is 0 Å². The van der Waals surface area contributed by atoms with Crippen molar-refractivity contribution in [2.45, 2.75) is 18.9 Å². The van der Waals surface area contributed by atoms with E-state index in [9.17, 15) is 4.79 Å². The van der Waals surface area contributed by atoms with E-state index in [1.54, 1.807) is 25.4 Å². The number of aromatic nitrogens is 1. The monoisotopic (exact) mass is 316 g/mol. The lowest BCUT2D eigenvalue weighted by Crippen LogP contribution is -2.30. The fourth-order valence-corrected chi connectivity index (χ4v) is 3.06. The molecule has 0 N–H and O–H groups in total. The first-order valence-electron chi connectivity index (χ1n) is 7.25. The van der Waals surface area contributed by atoms with Gasteiger partial charge in [-0.3, -0.25) is 4.79 Å². The van der Waals surface area contributed by atoms with Crippen LogP contribution in [0.3, 0.4) is 0 Å². The molecular formula is C17H17ClN2O2. The Kier molecular flexibility index (Phi) is 4.29. The zero-order chi connectivity index (χ0) is 15.5. The van der Waals surface area contributed by atoms with E-state index in [0.717, 1.165) is 30.7 Å². The van der Waals surface area contributed by atoms with Crippen LogP contribution in [0.1, 0.15) is 34.8 Å². The van der Waals surface area contributed by atoms with Gasteiger partial charge >= 0.3 is 0 Å². The Bertz CT molecular complexity index is 673. The zero-order valence-corrected chi connectivity index (χ0v) is 13.1. The van der Waals surface area contributed by atoms with Crippen LogP contribution in [-0.2, 0) is 0 Å². The minimum absolute atomic E-state index is 0.00242. The van der Waals surface area contributed by atoms with E-state index < -0.39 is 0 Å². The third kappa shape index (κ3) is 2.92. The smallest absolute Gasteiger partial charge is 0.254 e. The average Bonchev–Trinajstić information content (AvgIpc) is 3.04. The largest absolute Gasteiger partial charge is 0.497 e. The summed E-state index contributed by atoms with van der Waals surface area (Å²) in [6.07, 6.45) is 3.53. The Hall–Kier alpha value is -2.07. The average molecular weight is 317 g/mol. The molecule has 0 bridgehead atoms. The summed E-state index contributed by atoms with van der Waals surface area (Å²) >= 11 is 5.89. The highest BCUT2D eigenvalue weighted by molar-refractivity contribution is 6.29. The van der Waals surface area contributed by atoms with Crippen molar-refractivity contribution in [3.8, 4) is 5.75 Å². The van der Waals surface area contributed by atoms with Gasteiger partial charge in [-0.15, -0.1) is 0 Å². The van der Waals surface area contributed by atoms with Crippen LogP contribution in [0.25, 0.3) is 0 Å². The third-order valence-corrected chi connectivity index (χ3v) is 4.19. The molecule has 0 radical (unpaired) electrons. The molecule has 22 heavy (non-hydrogen) atoms. The lowest BCUT2D eigenvalue weighted by molar-refractivity contribution is 0.0735. The number of amides is 1. The molecule has 1 atom stereocenters. The van der Waals surface area contributed by atoms with Crippen LogP contribution in [0.15, 0.2) is 42.6 Å². The van der Waals surface area contributed by atoms with Gasteiger partial charge in [-0.25, -0.2) is 4.98 Å². The molecule has 1 aromatic heterocycles. The van der Waals surface area contributed by atoms with Gasteiger partial charge in [-0.2, -0.15) is 0 Å². The highest BCUT2D eigenvalue weighted by Crippen LogP contribution is 2.34. The molecule has 0 spiro atoms. The maximum Gasteiger partial charge on any atom is 0.254 e. The van der Waals surface area contributed by atoms with Crippen LogP contribution < -0.4 is 4.74 Å². The van der Waals surface area contributed by atoms with E-state index in [2.05, 4.69) is 4.98 Å². The number of benzene rings is 1. The highest BCUT2D eigenvalue weighted by Gasteiger charge is 2.30. The normalized spacial score (nSPS) is 17.5. The standard InChI is InChI=1S/C17H17ClN2O2/c1-22-14-6-4-12(5-7-14)15-3-2-10-20(15)17(21)13-8-9-19-16(18)11-13/h4-9,11,15H,2-3,10H2,1H3. The number of hydrogen-bond donors (Lipinski definition) is 0. The molecule has 2 heterocycles. The molecule has 1 amide bonds. The van der Waals surface area contributed by atoms with E-state index >= 15 is 0 Å². The minimum Gasteiger partial charge on any atom is -0.497 e. The van der Waals surface area contributed by atoms with Crippen LogP contribution in [-0.4, -0.2) is 29.4 Å². The first-order chi connectivity index (χ1) is 10.7. The number of pyridine rings is 1. The number of carbonyl (C=O) groups is 1. The molecule has 1 saturated heterocycles. The van der Waals surface area contributed by atoms with Crippen LogP contribution in [0.2, 0.25) is 5.15 Å². The molecule has 1 unspecified atom stereocenters. The first kappa shape index (κ1) is 14.9. The molecule has 3 rings (SSSR count). The number of methoxy groups -OCH3 is 1. The molecule has 1 aromatic carbocycles. The topological polar surface area (TPSA) is 42.4 Å². The molecule has 1 fully saturated rings. The van der Waals surface area contributed by atoms with Crippen LogP contribution in [0, 0.1) is 0 Å². The summed E-state index contributed by atoms with van der Waals surface area (Å²) in [5, 5.41) is 0.339. The number of rotatable bonds is 3. The van der Waals surface area contributed by atoms with Gasteiger partial charge in [0.05, 0.1) is 13.2 Å². The van der Waals surface area contributed by atoms with Gasteiger partial charge in [0.2, 0.25) is 0 Å². The predicted octanol–water partition coefficient (Wildman–Crippen LogP) is 3.72.